The predicted molar refractivity (Wildman–Crippen MR) is 436 cm³/mol. The van der Waals surface area contributed by atoms with Crippen LogP contribution < -0.4 is 57.2 Å². The molecule has 3 aliphatic heterocycles. The van der Waals surface area contributed by atoms with Gasteiger partial charge in [0.05, 0.1) is 72.7 Å². The van der Waals surface area contributed by atoms with Crippen molar-refractivity contribution in [1.29, 1.82) is 5.26 Å². The second-order valence-electron chi connectivity index (χ2n) is 27.6. The van der Waals surface area contributed by atoms with Crippen LogP contribution in [0.5, 0.6) is 34.5 Å². The van der Waals surface area contributed by atoms with E-state index in [2.05, 4.69) is 144 Å². The lowest BCUT2D eigenvalue weighted by molar-refractivity contribution is -0.384. The summed E-state index contributed by atoms with van der Waals surface area (Å²) in [6.07, 6.45) is 4.37. The topological polar surface area (TPSA) is 413 Å². The van der Waals surface area contributed by atoms with Gasteiger partial charge in [0.2, 0.25) is 5.95 Å². The van der Waals surface area contributed by atoms with E-state index in [4.69, 9.17) is 49.5 Å². The minimum atomic E-state index is -1.18. The fraction of sp³-hybridized carbons (Fsp3) is 0.367. The van der Waals surface area contributed by atoms with Gasteiger partial charge in [-0.15, -0.1) is 0 Å². The van der Waals surface area contributed by atoms with Crippen LogP contribution >= 0.6 is 11.8 Å². The molecular weight excluding hydrogens is 1470 g/mol. The van der Waals surface area contributed by atoms with Gasteiger partial charge >= 0.3 is 18.0 Å². The average Bonchev–Trinajstić information content (AvgIpc) is 1.65. The van der Waals surface area contributed by atoms with Gasteiger partial charge in [0.15, 0.2) is 5.69 Å². The predicted octanol–water partition coefficient (Wildman–Crippen LogP) is 12.9. The van der Waals surface area contributed by atoms with E-state index in [9.17, 15) is 34.6 Å². The molecule has 4 amide bonds. The van der Waals surface area contributed by atoms with Crippen LogP contribution in [0.2, 0.25) is 0 Å². The number of ether oxygens (including phenoxy) is 6. The molecule has 0 radical (unpaired) electrons. The average molecular weight is 1570 g/mol. The van der Waals surface area contributed by atoms with Crippen LogP contribution in [0.15, 0.2) is 163 Å². The number of anilines is 6. The van der Waals surface area contributed by atoms with Crippen LogP contribution in [-0.4, -0.2) is 204 Å². The zero-order valence-corrected chi connectivity index (χ0v) is 65.7. The normalized spacial score (nSPS) is 13.6. The molecule has 9 aromatic rings. The number of nitrogens with one attached hydrogen (secondary N) is 7. The molecule has 7 heterocycles. The lowest BCUT2D eigenvalue weighted by Gasteiger charge is -2.26. The number of nitro groups is 2. The third-order valence-corrected chi connectivity index (χ3v) is 17.9. The number of nitrogens with two attached hydrogens (primary N) is 1. The van der Waals surface area contributed by atoms with Gasteiger partial charge in [-0.1, -0.05) is 65.8 Å². The number of carbonyl (C=O) groups excluding carboxylic acids is 2. The summed E-state index contributed by atoms with van der Waals surface area (Å²) < 4.78 is 35.0. The Kier molecular flexibility index (Phi) is 33.6. The van der Waals surface area contributed by atoms with E-state index in [-0.39, 0.29) is 51.5 Å². The fourth-order valence-electron chi connectivity index (χ4n) is 11.2. The molecule has 10 N–H and O–H groups in total. The zero-order chi connectivity index (χ0) is 81.3. The number of nitrogens with zero attached hydrogens (tertiary/aromatic N) is 11. The van der Waals surface area contributed by atoms with Crippen molar-refractivity contribution >= 4 is 86.8 Å². The number of pyridine rings is 3. The molecule has 33 nitrogen and oxygen atoms in total. The van der Waals surface area contributed by atoms with Crippen molar-refractivity contribution in [3.8, 4) is 39.9 Å². The van der Waals surface area contributed by atoms with Gasteiger partial charge in [0, 0.05) is 153 Å². The first-order valence-corrected chi connectivity index (χ1v) is 37.4. The van der Waals surface area contributed by atoms with E-state index in [0.717, 1.165) is 119 Å². The van der Waals surface area contributed by atoms with Crippen LogP contribution in [0.3, 0.4) is 0 Å². The number of carboxylic acids is 1. The number of thioether (sulfide) groups is 1. The van der Waals surface area contributed by atoms with Gasteiger partial charge in [-0.2, -0.15) is 5.26 Å². The number of benzene rings is 5. The lowest BCUT2D eigenvalue weighted by atomic mass is 9.87. The number of morpholine rings is 3. The Morgan fingerprint density at radius 2 is 1.01 bits per heavy atom. The fourth-order valence-corrected chi connectivity index (χ4v) is 11.7. The summed E-state index contributed by atoms with van der Waals surface area (Å²) in [5.41, 5.74) is 11.2. The first-order chi connectivity index (χ1) is 54.3. The molecular formula is C79H99N19O14S. The molecule has 4 aromatic heterocycles. The highest BCUT2D eigenvalue weighted by molar-refractivity contribution is 8.03. The standard InChI is InChI=1S/C30H37N7O3.C19H24N6O5.C13H11N3O5.C11H13NS.C6H14N2O/c1-30(2,3)21-6-5-7-22(18-21)33-28-34-25-19-23(8-9-26(25)36(28)4)40-24-10-11-31-27(20-24)35-29(38)32-12-13-37-14-16-39-17-15-37;1-20-16-3-2-14(12-17(16)25(27)28)30-15-4-5-21-18(13-15)23-19(26)22-6-7-24-8-10-29-11-9-24;1-14-10-3-2-8(7-12(10)16(19)20)21-9-4-5-15-11(6-9)13(17)18;1-11(2,3)9-5-4-6-10(7-9)13-8-12;7-1-2-8-3-5-9-6-4-8/h5-11,18-20H,12-17H2,1-4H3,(H,33,34)(H2,31,32,35,38);2-5,12-13,20H,6-11H2,1H3,(H2,21,22,23,26);2-7,14H,1H3,(H,17,18);4-7H,1-3H3;1-7H2. The number of amides is 4. The van der Waals surface area contributed by atoms with E-state index < -0.39 is 15.8 Å². The smallest absolute Gasteiger partial charge is 0.354 e. The maximum atomic E-state index is 12.3. The molecule has 34 heteroatoms. The summed E-state index contributed by atoms with van der Waals surface area (Å²) in [4.78, 5) is 81.0. The number of fused-ring (bicyclic) bond motifs is 1. The summed E-state index contributed by atoms with van der Waals surface area (Å²) >= 11 is 1.21. The maximum Gasteiger partial charge on any atom is 0.354 e. The van der Waals surface area contributed by atoms with Gasteiger partial charge in [0.1, 0.15) is 62.9 Å². The number of rotatable bonds is 24. The molecule has 12 rings (SSSR count). The van der Waals surface area contributed by atoms with Gasteiger partial charge in [0.25, 0.3) is 11.4 Å². The molecule has 0 atom stereocenters. The Morgan fingerprint density at radius 3 is 1.46 bits per heavy atom. The molecule has 113 heavy (non-hydrogen) atoms. The third-order valence-electron chi connectivity index (χ3n) is 17.4. The van der Waals surface area contributed by atoms with Crippen molar-refractivity contribution in [2.24, 2.45) is 12.8 Å². The van der Waals surface area contributed by atoms with E-state index in [1.165, 1.54) is 65.6 Å². The number of aryl methyl sites for hydroxylation is 1. The van der Waals surface area contributed by atoms with Crippen molar-refractivity contribution in [2.75, 3.05) is 159 Å². The highest BCUT2D eigenvalue weighted by Gasteiger charge is 2.21. The van der Waals surface area contributed by atoms with Gasteiger partial charge < -0.3 is 70.4 Å². The molecule has 0 saturated carbocycles. The molecule has 0 unspecified atom stereocenters. The Bertz CT molecular complexity index is 4650. The SMILES string of the molecule is CC(C)(C)c1cccc(SC#N)c1.CNc1ccc(Oc2ccnc(C(=O)O)c2)cc1[N+](=O)[O-].CNc1ccc(Oc2ccnc(NC(=O)NCCN3CCOCC3)c2)cc1[N+](=O)[O-].Cn1c(Nc2cccc(C(C)(C)C)c2)nc2cc(Oc3ccnc(NC(=O)NCCN4CCOCC4)c3)ccc21.NCCN1CCOCC1. The van der Waals surface area contributed by atoms with Crippen LogP contribution in [-0.2, 0) is 32.1 Å². The summed E-state index contributed by atoms with van der Waals surface area (Å²) in [5, 5.41) is 61.6. The quantitative estimate of drug-likeness (QED) is 0.0117. The van der Waals surface area contributed by atoms with Crippen LogP contribution in [0, 0.1) is 30.9 Å². The lowest BCUT2D eigenvalue weighted by Crippen LogP contribution is -2.42. The molecule has 0 spiro atoms. The van der Waals surface area contributed by atoms with E-state index in [1.807, 2.05) is 48.0 Å². The first-order valence-electron chi connectivity index (χ1n) is 36.6. The second kappa shape index (κ2) is 43.7. The van der Waals surface area contributed by atoms with E-state index >= 15 is 0 Å². The molecule has 0 bridgehead atoms. The van der Waals surface area contributed by atoms with Crippen molar-refractivity contribution in [2.45, 2.75) is 57.3 Å². The van der Waals surface area contributed by atoms with E-state index in [0.29, 0.717) is 72.3 Å². The van der Waals surface area contributed by atoms with Gasteiger partial charge in [-0.25, -0.2) is 34.3 Å². The van der Waals surface area contributed by atoms with Gasteiger partial charge in [-0.3, -0.25) is 45.6 Å². The number of imidazole rings is 1. The van der Waals surface area contributed by atoms with Crippen LogP contribution in [0.4, 0.5) is 55.6 Å². The number of carbonyl (C=O) groups is 3. The second-order valence-corrected chi connectivity index (χ2v) is 28.5. The highest BCUT2D eigenvalue weighted by atomic mass is 32.2. The number of hydrogen-bond acceptors (Lipinski definition) is 26. The Labute approximate surface area is 660 Å². The molecule has 3 aliphatic rings. The summed E-state index contributed by atoms with van der Waals surface area (Å²) in [5.74, 6) is 2.61. The van der Waals surface area contributed by atoms with Gasteiger partial charge in [-0.05, 0) is 113 Å². The van der Waals surface area contributed by atoms with Crippen molar-refractivity contribution in [1.82, 2.24) is 49.8 Å². The highest BCUT2D eigenvalue weighted by Crippen LogP contribution is 2.35. The number of thiocyanates is 1. The minimum absolute atomic E-state index is 0.0610. The van der Waals surface area contributed by atoms with Crippen molar-refractivity contribution < 1.29 is 57.8 Å². The summed E-state index contributed by atoms with van der Waals surface area (Å²) in [6, 6.07) is 39.7. The Hall–Kier alpha value is -11.8. The van der Waals surface area contributed by atoms with Crippen LogP contribution in [0.1, 0.15) is 63.2 Å². The molecule has 0 aliphatic carbocycles. The number of aromatic nitrogens is 5. The first kappa shape index (κ1) is 86.8. The third kappa shape index (κ3) is 28.8. The monoisotopic (exact) mass is 1570 g/mol. The molecule has 3 fully saturated rings. The summed E-state index contributed by atoms with van der Waals surface area (Å²) in [7, 11) is 5.17. The van der Waals surface area contributed by atoms with E-state index in [1.54, 1.807) is 62.8 Å². The largest absolute Gasteiger partial charge is 0.477 e. The number of hydrogen-bond donors (Lipinski definition) is 9. The zero-order valence-electron chi connectivity index (χ0n) is 64.9. The molecule has 3 saturated heterocycles. The van der Waals surface area contributed by atoms with Crippen LogP contribution in [0.25, 0.3) is 11.0 Å². The maximum absolute atomic E-state index is 12.3. The Morgan fingerprint density at radius 1 is 0.575 bits per heavy atom. The number of carboxylic acid groups (broad SMARTS) is 1. The Balaban J connectivity index is 0.000000193. The number of nitro benzene ring substituents is 2. The molecule has 600 valence electrons. The summed E-state index contributed by atoms with van der Waals surface area (Å²) in [6.45, 7) is 27.7. The number of nitriles is 1. The number of aromatic carboxylic acids is 1. The van der Waals surface area contributed by atoms with Crippen molar-refractivity contribution in [3.63, 3.8) is 0 Å². The molecule has 5 aromatic carbocycles. The number of urea groups is 2. The minimum Gasteiger partial charge on any atom is -0.477 e. The van der Waals surface area contributed by atoms with Crippen molar-refractivity contribution in [3.05, 3.63) is 195 Å².